The van der Waals surface area contributed by atoms with Gasteiger partial charge in [-0.05, 0) is 37.3 Å². The van der Waals surface area contributed by atoms with E-state index < -0.39 is 0 Å². The van der Waals surface area contributed by atoms with Crippen molar-refractivity contribution >= 4 is 11.7 Å². The maximum atomic E-state index is 12.3. The molecule has 0 saturated heterocycles. The van der Waals surface area contributed by atoms with E-state index >= 15 is 0 Å². The fourth-order valence-corrected chi connectivity index (χ4v) is 4.07. The summed E-state index contributed by atoms with van der Waals surface area (Å²) in [5.41, 5.74) is 9.58. The first-order chi connectivity index (χ1) is 12.7. The lowest BCUT2D eigenvalue weighted by molar-refractivity contribution is 0.0966. The Balaban J connectivity index is 1.52. The van der Waals surface area contributed by atoms with Crippen LogP contribution < -0.4 is 16.4 Å². The molecule has 0 radical (unpaired) electrons. The number of anilines is 1. The Morgan fingerprint density at radius 2 is 2.08 bits per heavy atom. The van der Waals surface area contributed by atoms with Gasteiger partial charge < -0.3 is 16.4 Å². The zero-order chi connectivity index (χ0) is 17.7. The number of aromatic nitrogens is 3. The smallest absolute Gasteiger partial charge is 0.254 e. The number of amides is 1. The Morgan fingerprint density at radius 3 is 2.88 bits per heavy atom. The number of carbonyl (C=O) groups is 1. The van der Waals surface area contributed by atoms with Gasteiger partial charge in [-0.3, -0.25) is 9.48 Å². The number of nitrogens with zero attached hydrogens (tertiary/aromatic N) is 3. The number of nitrogens with one attached hydrogen (secondary N) is 2. The zero-order valence-corrected chi connectivity index (χ0v) is 14.7. The van der Waals surface area contributed by atoms with E-state index in [0.717, 1.165) is 35.5 Å². The molecule has 7 nitrogen and oxygen atoms in total. The van der Waals surface area contributed by atoms with E-state index in [4.69, 9.17) is 10.7 Å². The number of rotatable bonds is 4. The molecule has 0 aromatic carbocycles. The molecular weight excluding hydrogens is 328 g/mol. The lowest BCUT2D eigenvalue weighted by atomic mass is 9.91. The molecule has 136 valence electrons. The Bertz CT molecular complexity index is 856. The number of hydrogen-bond donors (Lipinski definition) is 3. The molecule has 0 bridgehead atoms. The van der Waals surface area contributed by atoms with Gasteiger partial charge in [-0.15, -0.1) is 0 Å². The number of carbonyl (C=O) groups excluding carboxylic acids is 1. The van der Waals surface area contributed by atoms with E-state index in [1.54, 1.807) is 0 Å². The first kappa shape index (κ1) is 15.8. The average Bonchev–Trinajstić information content (AvgIpc) is 3.26. The van der Waals surface area contributed by atoms with Crippen LogP contribution in [0.15, 0.2) is 18.5 Å². The average molecular weight is 352 g/mol. The van der Waals surface area contributed by atoms with Crippen molar-refractivity contribution in [3.05, 3.63) is 29.6 Å². The quantitative estimate of drug-likeness (QED) is 0.784. The second-order valence-corrected chi connectivity index (χ2v) is 7.71. The molecule has 2 saturated carbocycles. The maximum absolute atomic E-state index is 12.3. The monoisotopic (exact) mass is 352 g/mol. The first-order valence-electron chi connectivity index (χ1n) is 9.58. The minimum atomic E-state index is -0.0532. The standard InChI is InChI=1S/C19H24N6O/c20-14-3-1-2-4-15(14)23-16-7-11-8-21-19(26)17(11)18(24-16)12-9-22-25(10-12)13-5-6-13/h7,9-10,13-15H,1-6,8,20H2,(H,21,26)(H,23,24). The van der Waals surface area contributed by atoms with Gasteiger partial charge in [0.15, 0.2) is 0 Å². The van der Waals surface area contributed by atoms with E-state index in [-0.39, 0.29) is 18.0 Å². The molecule has 26 heavy (non-hydrogen) atoms. The van der Waals surface area contributed by atoms with E-state index in [1.807, 2.05) is 23.1 Å². The normalized spacial score (nSPS) is 25.0. The fraction of sp³-hybridized carbons (Fsp3) is 0.526. The van der Waals surface area contributed by atoms with Crippen molar-refractivity contribution in [3.8, 4) is 11.3 Å². The third-order valence-electron chi connectivity index (χ3n) is 5.72. The van der Waals surface area contributed by atoms with Gasteiger partial charge >= 0.3 is 0 Å². The molecule has 4 N–H and O–H groups in total. The summed E-state index contributed by atoms with van der Waals surface area (Å²) in [4.78, 5) is 17.2. The van der Waals surface area contributed by atoms with Gasteiger partial charge in [0.1, 0.15) is 5.82 Å². The van der Waals surface area contributed by atoms with Gasteiger partial charge in [-0.25, -0.2) is 4.98 Å². The molecular formula is C19H24N6O. The van der Waals surface area contributed by atoms with Gasteiger partial charge in [0.05, 0.1) is 23.5 Å². The van der Waals surface area contributed by atoms with Crippen LogP contribution in [-0.4, -0.2) is 32.8 Å². The molecule has 2 aromatic rings. The molecule has 5 rings (SSSR count). The second-order valence-electron chi connectivity index (χ2n) is 7.71. The van der Waals surface area contributed by atoms with E-state index in [1.165, 1.54) is 25.7 Å². The summed E-state index contributed by atoms with van der Waals surface area (Å²) in [6, 6.07) is 2.89. The molecule has 3 heterocycles. The molecule has 1 aliphatic heterocycles. The van der Waals surface area contributed by atoms with Gasteiger partial charge in [0.25, 0.3) is 5.91 Å². The van der Waals surface area contributed by atoms with Crippen molar-refractivity contribution in [2.75, 3.05) is 5.32 Å². The molecule has 2 aromatic heterocycles. The number of pyridine rings is 1. The largest absolute Gasteiger partial charge is 0.366 e. The minimum Gasteiger partial charge on any atom is -0.366 e. The van der Waals surface area contributed by atoms with Crippen molar-refractivity contribution in [2.24, 2.45) is 5.73 Å². The van der Waals surface area contributed by atoms with Crippen LogP contribution in [0.5, 0.6) is 0 Å². The summed E-state index contributed by atoms with van der Waals surface area (Å²) in [7, 11) is 0. The highest BCUT2D eigenvalue weighted by Crippen LogP contribution is 2.36. The van der Waals surface area contributed by atoms with Crippen molar-refractivity contribution in [1.29, 1.82) is 0 Å². The van der Waals surface area contributed by atoms with Crippen LogP contribution in [-0.2, 0) is 6.54 Å². The summed E-state index contributed by atoms with van der Waals surface area (Å²) in [5, 5.41) is 10.9. The van der Waals surface area contributed by atoms with Crippen LogP contribution in [0.25, 0.3) is 11.3 Å². The number of nitrogens with two attached hydrogens (primary N) is 1. The van der Waals surface area contributed by atoms with E-state index in [2.05, 4.69) is 15.7 Å². The molecule has 2 atom stereocenters. The third kappa shape index (κ3) is 2.76. The SMILES string of the molecule is NC1CCCCC1Nc1cc2c(c(-c3cnn(C4CC4)c3)n1)C(=O)NC2. The minimum absolute atomic E-state index is 0.0532. The molecule has 7 heteroatoms. The Hall–Kier alpha value is -2.41. The van der Waals surface area contributed by atoms with Gasteiger partial charge in [0, 0.05) is 30.4 Å². The second kappa shape index (κ2) is 6.09. The van der Waals surface area contributed by atoms with E-state index in [9.17, 15) is 4.79 Å². The molecule has 0 spiro atoms. The Kier molecular flexibility index (Phi) is 3.70. The van der Waals surface area contributed by atoms with Gasteiger partial charge in [-0.1, -0.05) is 12.8 Å². The van der Waals surface area contributed by atoms with Crippen LogP contribution >= 0.6 is 0 Å². The maximum Gasteiger partial charge on any atom is 0.254 e. The lowest BCUT2D eigenvalue weighted by Gasteiger charge is -2.30. The van der Waals surface area contributed by atoms with Crippen molar-refractivity contribution in [1.82, 2.24) is 20.1 Å². The topological polar surface area (TPSA) is 97.9 Å². The Morgan fingerprint density at radius 1 is 1.23 bits per heavy atom. The van der Waals surface area contributed by atoms with Crippen molar-refractivity contribution in [2.45, 2.75) is 63.2 Å². The highest BCUT2D eigenvalue weighted by Gasteiger charge is 2.29. The first-order valence-corrected chi connectivity index (χ1v) is 9.58. The van der Waals surface area contributed by atoms with E-state index in [0.29, 0.717) is 18.2 Å². The summed E-state index contributed by atoms with van der Waals surface area (Å²) in [5.74, 6) is 0.749. The summed E-state index contributed by atoms with van der Waals surface area (Å²) in [6.07, 6.45) is 10.7. The summed E-state index contributed by atoms with van der Waals surface area (Å²) in [6.45, 7) is 0.547. The van der Waals surface area contributed by atoms with Crippen LogP contribution in [0.1, 0.15) is 60.5 Å². The third-order valence-corrected chi connectivity index (χ3v) is 5.72. The number of hydrogen-bond acceptors (Lipinski definition) is 5. The van der Waals surface area contributed by atoms with Crippen LogP contribution in [0.2, 0.25) is 0 Å². The summed E-state index contributed by atoms with van der Waals surface area (Å²) >= 11 is 0. The van der Waals surface area contributed by atoms with Gasteiger partial charge in [-0.2, -0.15) is 5.10 Å². The zero-order valence-electron chi connectivity index (χ0n) is 14.7. The highest BCUT2D eigenvalue weighted by molar-refractivity contribution is 6.04. The van der Waals surface area contributed by atoms with Gasteiger partial charge in [0.2, 0.25) is 0 Å². The highest BCUT2D eigenvalue weighted by atomic mass is 16.1. The van der Waals surface area contributed by atoms with Crippen molar-refractivity contribution in [3.63, 3.8) is 0 Å². The van der Waals surface area contributed by atoms with Crippen LogP contribution in [0, 0.1) is 0 Å². The molecule has 2 unspecified atom stereocenters. The van der Waals surface area contributed by atoms with Crippen LogP contribution in [0.3, 0.4) is 0 Å². The number of fused-ring (bicyclic) bond motifs is 1. The molecule has 2 fully saturated rings. The predicted molar refractivity (Wildman–Crippen MR) is 98.8 cm³/mol. The predicted octanol–water partition coefficient (Wildman–Crippen LogP) is 2.21. The van der Waals surface area contributed by atoms with Crippen LogP contribution in [0.4, 0.5) is 5.82 Å². The van der Waals surface area contributed by atoms with Crippen molar-refractivity contribution < 1.29 is 4.79 Å². The Labute approximate surface area is 152 Å². The molecule has 2 aliphatic carbocycles. The lowest BCUT2D eigenvalue weighted by Crippen LogP contribution is -2.42. The fourth-order valence-electron chi connectivity index (χ4n) is 4.07. The summed E-state index contributed by atoms with van der Waals surface area (Å²) < 4.78 is 1.99. The molecule has 1 amide bonds. The molecule has 3 aliphatic rings.